The van der Waals surface area contributed by atoms with Gasteiger partial charge in [-0.2, -0.15) is 0 Å². The average molecular weight is 242 g/mol. The van der Waals surface area contributed by atoms with Gasteiger partial charge in [0.15, 0.2) is 5.69 Å². The number of carbonyl (C=O) groups is 1. The summed E-state index contributed by atoms with van der Waals surface area (Å²) in [5, 5.41) is 2.75. The third-order valence-corrected chi connectivity index (χ3v) is 3.39. The van der Waals surface area contributed by atoms with Gasteiger partial charge in [0.25, 0.3) is 0 Å². The number of aromatic nitrogens is 1. The van der Waals surface area contributed by atoms with Crippen LogP contribution in [0.15, 0.2) is 5.38 Å². The highest BCUT2D eigenvalue weighted by molar-refractivity contribution is 7.09. The number of rotatable bonds is 6. The molecule has 4 nitrogen and oxygen atoms in total. The zero-order valence-corrected chi connectivity index (χ0v) is 10.8. The smallest absolute Gasteiger partial charge is 0.357 e. The Hall–Kier alpha value is -0.940. The lowest BCUT2D eigenvalue weighted by Crippen LogP contribution is -2.25. The van der Waals surface area contributed by atoms with E-state index in [1.807, 2.05) is 0 Å². The summed E-state index contributed by atoms with van der Waals surface area (Å²) in [4.78, 5) is 17.8. The zero-order chi connectivity index (χ0) is 12.0. The number of esters is 1. The van der Waals surface area contributed by atoms with Crippen LogP contribution < -0.4 is 0 Å². The number of hydrogen-bond donors (Lipinski definition) is 0. The van der Waals surface area contributed by atoms with Crippen molar-refractivity contribution in [1.29, 1.82) is 0 Å². The van der Waals surface area contributed by atoms with Crippen molar-refractivity contribution in [2.45, 2.75) is 20.3 Å². The molecule has 0 atom stereocenters. The van der Waals surface area contributed by atoms with Crippen molar-refractivity contribution in [2.24, 2.45) is 0 Å². The third kappa shape index (κ3) is 3.57. The molecular weight excluding hydrogens is 224 g/mol. The second-order valence-corrected chi connectivity index (χ2v) is 4.34. The van der Waals surface area contributed by atoms with Gasteiger partial charge in [0.05, 0.1) is 12.1 Å². The van der Waals surface area contributed by atoms with E-state index in [4.69, 9.17) is 0 Å². The molecule has 0 aliphatic heterocycles. The van der Waals surface area contributed by atoms with Crippen molar-refractivity contribution in [3.8, 4) is 0 Å². The van der Waals surface area contributed by atoms with Crippen LogP contribution in [0.25, 0.3) is 0 Å². The fourth-order valence-corrected chi connectivity index (χ4v) is 2.17. The lowest BCUT2D eigenvalue weighted by atomic mass is 10.4. The molecule has 1 aromatic heterocycles. The maximum atomic E-state index is 11.2. The summed E-state index contributed by atoms with van der Waals surface area (Å²) in [7, 11) is 1.37. The predicted molar refractivity (Wildman–Crippen MR) is 64.9 cm³/mol. The number of carbonyl (C=O) groups excluding carboxylic acids is 1. The first kappa shape index (κ1) is 13.1. The van der Waals surface area contributed by atoms with Crippen LogP contribution in [-0.4, -0.2) is 42.6 Å². The summed E-state index contributed by atoms with van der Waals surface area (Å²) in [5.41, 5.74) is 0.419. The highest BCUT2D eigenvalue weighted by Gasteiger charge is 2.10. The lowest BCUT2D eigenvalue weighted by molar-refractivity contribution is 0.0594. The van der Waals surface area contributed by atoms with Gasteiger partial charge in [-0.3, -0.25) is 0 Å². The Labute approximate surface area is 100 Å². The lowest BCUT2D eigenvalue weighted by Gasteiger charge is -2.16. The molecule has 0 saturated carbocycles. The quantitative estimate of drug-likeness (QED) is 0.714. The first-order valence-electron chi connectivity index (χ1n) is 5.46. The number of ether oxygens (including phenoxy) is 1. The van der Waals surface area contributed by atoms with Crippen molar-refractivity contribution in [2.75, 3.05) is 26.7 Å². The van der Waals surface area contributed by atoms with E-state index < -0.39 is 0 Å². The molecule has 0 fully saturated rings. The average Bonchev–Trinajstić information content (AvgIpc) is 2.78. The van der Waals surface area contributed by atoms with Gasteiger partial charge in [0.2, 0.25) is 0 Å². The van der Waals surface area contributed by atoms with Crippen LogP contribution >= 0.6 is 11.3 Å². The number of methoxy groups -OCH3 is 1. The Kier molecular flexibility index (Phi) is 5.42. The molecule has 0 saturated heterocycles. The topological polar surface area (TPSA) is 42.4 Å². The molecule has 90 valence electrons. The molecule has 0 bridgehead atoms. The van der Waals surface area contributed by atoms with Crippen LogP contribution in [0, 0.1) is 0 Å². The first-order chi connectivity index (χ1) is 7.71. The van der Waals surface area contributed by atoms with Gasteiger partial charge in [0, 0.05) is 18.3 Å². The van der Waals surface area contributed by atoms with Crippen LogP contribution in [0.4, 0.5) is 0 Å². The predicted octanol–water partition coefficient (Wildman–Crippen LogP) is 1.81. The van der Waals surface area contributed by atoms with Crippen molar-refractivity contribution >= 4 is 17.3 Å². The van der Waals surface area contributed by atoms with Crippen LogP contribution in [0.3, 0.4) is 0 Å². The second-order valence-electron chi connectivity index (χ2n) is 3.39. The maximum absolute atomic E-state index is 11.2. The number of hydrogen-bond acceptors (Lipinski definition) is 5. The second kappa shape index (κ2) is 6.60. The standard InChI is InChI=1S/C11H18N2O2S/c1-4-13(5-2)7-6-10-12-9(8-16-10)11(14)15-3/h8H,4-7H2,1-3H3. The molecule has 0 amide bonds. The van der Waals surface area contributed by atoms with Gasteiger partial charge in [-0.25, -0.2) is 9.78 Å². The Balaban J connectivity index is 2.49. The van der Waals surface area contributed by atoms with Crippen LogP contribution in [-0.2, 0) is 11.2 Å². The fourth-order valence-electron chi connectivity index (χ4n) is 1.42. The van der Waals surface area contributed by atoms with Gasteiger partial charge in [-0.15, -0.1) is 11.3 Å². The summed E-state index contributed by atoms with van der Waals surface area (Å²) < 4.78 is 4.61. The molecule has 0 aromatic carbocycles. The minimum Gasteiger partial charge on any atom is -0.464 e. The minimum absolute atomic E-state index is 0.356. The summed E-state index contributed by atoms with van der Waals surface area (Å²) in [6, 6.07) is 0. The van der Waals surface area contributed by atoms with E-state index in [0.29, 0.717) is 5.69 Å². The summed E-state index contributed by atoms with van der Waals surface area (Å²) >= 11 is 1.52. The van der Waals surface area contributed by atoms with Crippen LogP contribution in [0.1, 0.15) is 29.3 Å². The van der Waals surface area contributed by atoms with E-state index in [9.17, 15) is 4.79 Å². The maximum Gasteiger partial charge on any atom is 0.357 e. The number of likely N-dealkylation sites (N-methyl/N-ethyl adjacent to an activating group) is 1. The molecule has 1 rings (SSSR count). The summed E-state index contributed by atoms with van der Waals surface area (Å²) in [5.74, 6) is -0.356. The van der Waals surface area contributed by atoms with Gasteiger partial charge >= 0.3 is 5.97 Å². The van der Waals surface area contributed by atoms with Gasteiger partial charge < -0.3 is 9.64 Å². The van der Waals surface area contributed by atoms with Gasteiger partial charge in [-0.1, -0.05) is 13.8 Å². The van der Waals surface area contributed by atoms with E-state index in [1.54, 1.807) is 5.38 Å². The molecule has 0 radical (unpaired) electrons. The summed E-state index contributed by atoms with van der Waals surface area (Å²) in [6.07, 6.45) is 0.892. The molecule has 0 aliphatic carbocycles. The van der Waals surface area contributed by atoms with Crippen molar-refractivity contribution in [3.63, 3.8) is 0 Å². The monoisotopic (exact) mass is 242 g/mol. The van der Waals surface area contributed by atoms with E-state index in [1.165, 1.54) is 18.4 Å². The fraction of sp³-hybridized carbons (Fsp3) is 0.636. The molecule has 0 aliphatic rings. The molecule has 0 spiro atoms. The molecule has 1 aromatic rings. The highest BCUT2D eigenvalue weighted by Crippen LogP contribution is 2.11. The Bertz CT molecular complexity index is 334. The van der Waals surface area contributed by atoms with Crippen molar-refractivity contribution in [1.82, 2.24) is 9.88 Å². The number of thiazole rings is 1. The minimum atomic E-state index is -0.356. The van der Waals surface area contributed by atoms with Crippen LogP contribution in [0.2, 0.25) is 0 Å². The third-order valence-electron chi connectivity index (χ3n) is 2.48. The Morgan fingerprint density at radius 2 is 2.19 bits per heavy atom. The Morgan fingerprint density at radius 3 is 2.75 bits per heavy atom. The van der Waals surface area contributed by atoms with Gasteiger partial charge in [-0.05, 0) is 13.1 Å². The summed E-state index contributed by atoms with van der Waals surface area (Å²) in [6.45, 7) is 7.37. The van der Waals surface area contributed by atoms with E-state index >= 15 is 0 Å². The van der Waals surface area contributed by atoms with Gasteiger partial charge in [0.1, 0.15) is 0 Å². The molecule has 16 heavy (non-hydrogen) atoms. The normalized spacial score (nSPS) is 10.8. The van der Waals surface area contributed by atoms with E-state index in [-0.39, 0.29) is 5.97 Å². The van der Waals surface area contributed by atoms with Crippen molar-refractivity contribution in [3.05, 3.63) is 16.1 Å². The zero-order valence-electron chi connectivity index (χ0n) is 10.0. The number of nitrogens with zero attached hydrogens (tertiary/aromatic N) is 2. The largest absolute Gasteiger partial charge is 0.464 e. The van der Waals surface area contributed by atoms with Crippen LogP contribution in [0.5, 0.6) is 0 Å². The molecule has 0 N–H and O–H groups in total. The first-order valence-corrected chi connectivity index (χ1v) is 6.34. The molecule has 1 heterocycles. The van der Waals surface area contributed by atoms with Crippen molar-refractivity contribution < 1.29 is 9.53 Å². The SMILES string of the molecule is CCN(CC)CCc1nc(C(=O)OC)cs1. The highest BCUT2D eigenvalue weighted by atomic mass is 32.1. The molecular formula is C11H18N2O2S. The molecule has 0 unspecified atom stereocenters. The van der Waals surface area contributed by atoms with E-state index in [2.05, 4.69) is 28.5 Å². The molecule has 5 heteroatoms. The van der Waals surface area contributed by atoms with E-state index in [0.717, 1.165) is 31.1 Å². The Morgan fingerprint density at radius 1 is 1.50 bits per heavy atom.